The second kappa shape index (κ2) is 5.97. The molecule has 4 fully saturated rings. The number of nitrogens with zero attached hydrogens (tertiary/aromatic N) is 1. The minimum absolute atomic E-state index is 0.0670. The number of carbonyl (C=O) groups excluding carboxylic acids is 1. The molecule has 4 saturated carbocycles. The third kappa shape index (κ3) is 3.03. The summed E-state index contributed by atoms with van der Waals surface area (Å²) in [5.74, 6) is 3.12. The van der Waals surface area contributed by atoms with Gasteiger partial charge in [-0.25, -0.2) is 4.98 Å². The summed E-state index contributed by atoms with van der Waals surface area (Å²) in [6, 6.07) is 3.94. The number of aromatic nitrogens is 1. The van der Waals surface area contributed by atoms with Crippen molar-refractivity contribution in [2.24, 2.45) is 23.2 Å². The van der Waals surface area contributed by atoms with Gasteiger partial charge in [-0.15, -0.1) is 11.3 Å². The first-order valence-electron chi connectivity index (χ1n) is 9.31. The van der Waals surface area contributed by atoms with Gasteiger partial charge in [0.1, 0.15) is 18.6 Å². The van der Waals surface area contributed by atoms with Gasteiger partial charge in [0.25, 0.3) is 0 Å². The smallest absolute Gasteiger partial charge is 0.306 e. The van der Waals surface area contributed by atoms with Gasteiger partial charge in [-0.05, 0) is 73.1 Å². The SMILES string of the molecule is O=C(CC12CC3CC(CC(C3)C1)C2)OCc1coc(-c2cccs2)n1. The molecule has 0 unspecified atom stereocenters. The highest BCUT2D eigenvalue weighted by molar-refractivity contribution is 7.13. The van der Waals surface area contributed by atoms with Crippen LogP contribution in [0.15, 0.2) is 28.2 Å². The third-order valence-electron chi connectivity index (χ3n) is 6.35. The average molecular weight is 357 g/mol. The molecule has 132 valence electrons. The maximum atomic E-state index is 12.5. The minimum atomic E-state index is -0.0670. The lowest BCUT2D eigenvalue weighted by Crippen LogP contribution is -2.47. The molecule has 0 aliphatic heterocycles. The predicted octanol–water partition coefficient (Wildman–Crippen LogP) is 5.05. The first-order valence-corrected chi connectivity index (χ1v) is 10.2. The molecular weight excluding hydrogens is 334 g/mol. The largest absolute Gasteiger partial charge is 0.459 e. The summed E-state index contributed by atoms with van der Waals surface area (Å²) < 4.78 is 11.0. The lowest BCUT2D eigenvalue weighted by Gasteiger charge is -2.56. The topological polar surface area (TPSA) is 52.3 Å². The summed E-state index contributed by atoms with van der Waals surface area (Å²) in [7, 11) is 0. The van der Waals surface area contributed by atoms with E-state index in [0.717, 1.165) is 22.6 Å². The molecule has 4 nitrogen and oxygen atoms in total. The molecule has 4 bridgehead atoms. The van der Waals surface area contributed by atoms with Crippen molar-refractivity contribution in [3.63, 3.8) is 0 Å². The van der Waals surface area contributed by atoms with Crippen molar-refractivity contribution in [3.8, 4) is 10.8 Å². The summed E-state index contributed by atoms with van der Waals surface area (Å²) in [5.41, 5.74) is 0.917. The number of hydrogen-bond acceptors (Lipinski definition) is 5. The van der Waals surface area contributed by atoms with E-state index in [1.54, 1.807) is 17.6 Å². The van der Waals surface area contributed by atoms with Crippen LogP contribution in [0.5, 0.6) is 0 Å². The lowest BCUT2D eigenvalue weighted by atomic mass is 9.49. The van der Waals surface area contributed by atoms with Crippen LogP contribution in [0.2, 0.25) is 0 Å². The van der Waals surface area contributed by atoms with Crippen LogP contribution in [-0.4, -0.2) is 11.0 Å². The number of oxazole rings is 1. The number of carbonyl (C=O) groups is 1. The summed E-state index contributed by atoms with van der Waals surface area (Å²) in [6.07, 6.45) is 10.1. The van der Waals surface area contributed by atoms with E-state index < -0.39 is 0 Å². The Hall–Kier alpha value is -1.62. The first kappa shape index (κ1) is 15.6. The van der Waals surface area contributed by atoms with Gasteiger partial charge in [-0.2, -0.15) is 0 Å². The van der Waals surface area contributed by atoms with E-state index in [-0.39, 0.29) is 18.0 Å². The Bertz CT molecular complexity index is 728. The van der Waals surface area contributed by atoms with Crippen LogP contribution in [0.1, 0.15) is 50.6 Å². The predicted molar refractivity (Wildman–Crippen MR) is 94.8 cm³/mol. The zero-order valence-corrected chi connectivity index (χ0v) is 15.1. The monoisotopic (exact) mass is 357 g/mol. The Morgan fingerprint density at radius 2 is 1.96 bits per heavy atom. The standard InChI is InChI=1S/C20H23NO3S/c22-18(10-20-7-13-4-14(8-20)6-15(5-13)9-20)23-11-16-12-24-19(21-16)17-2-1-3-25-17/h1-3,12-15H,4-11H2. The normalized spacial score (nSPS) is 32.9. The van der Waals surface area contributed by atoms with Crippen LogP contribution < -0.4 is 0 Å². The van der Waals surface area contributed by atoms with Gasteiger partial charge in [0.05, 0.1) is 11.3 Å². The molecule has 0 radical (unpaired) electrons. The van der Waals surface area contributed by atoms with Crippen LogP contribution in [0.4, 0.5) is 0 Å². The second-order valence-corrected chi connectivity index (χ2v) is 9.32. The van der Waals surface area contributed by atoms with Crippen molar-refractivity contribution in [1.82, 2.24) is 4.98 Å². The van der Waals surface area contributed by atoms with Crippen LogP contribution in [-0.2, 0) is 16.1 Å². The van der Waals surface area contributed by atoms with E-state index >= 15 is 0 Å². The number of esters is 1. The highest BCUT2D eigenvalue weighted by Gasteiger charge is 2.51. The molecule has 4 aliphatic carbocycles. The molecule has 0 spiro atoms. The van der Waals surface area contributed by atoms with E-state index in [1.807, 2.05) is 17.5 Å². The van der Waals surface area contributed by atoms with Crippen molar-refractivity contribution >= 4 is 17.3 Å². The fraction of sp³-hybridized carbons (Fsp3) is 0.600. The molecule has 5 heteroatoms. The number of thiophene rings is 1. The Balaban J connectivity index is 1.19. The minimum Gasteiger partial charge on any atom is -0.459 e. The van der Waals surface area contributed by atoms with Crippen molar-refractivity contribution < 1.29 is 13.9 Å². The molecule has 0 atom stereocenters. The highest BCUT2D eigenvalue weighted by atomic mass is 32.1. The maximum absolute atomic E-state index is 12.5. The van der Waals surface area contributed by atoms with E-state index in [9.17, 15) is 4.79 Å². The second-order valence-electron chi connectivity index (χ2n) is 8.38. The van der Waals surface area contributed by atoms with Crippen LogP contribution in [0.25, 0.3) is 10.8 Å². The Kier molecular flexibility index (Phi) is 3.73. The van der Waals surface area contributed by atoms with Gasteiger partial charge in [0, 0.05) is 0 Å². The molecule has 2 aromatic heterocycles. The van der Waals surface area contributed by atoms with Crippen molar-refractivity contribution in [2.45, 2.75) is 51.6 Å². The molecule has 25 heavy (non-hydrogen) atoms. The molecule has 0 amide bonds. The van der Waals surface area contributed by atoms with Crippen LogP contribution in [0, 0.1) is 23.2 Å². The molecular formula is C20H23NO3S. The Morgan fingerprint density at radius 1 is 1.24 bits per heavy atom. The van der Waals surface area contributed by atoms with Crippen molar-refractivity contribution in [1.29, 1.82) is 0 Å². The lowest BCUT2D eigenvalue weighted by molar-refractivity contribution is -0.153. The van der Waals surface area contributed by atoms with Gasteiger partial charge in [0.15, 0.2) is 0 Å². The fourth-order valence-corrected chi connectivity index (χ4v) is 6.56. The van der Waals surface area contributed by atoms with Crippen LogP contribution in [0.3, 0.4) is 0 Å². The molecule has 2 aromatic rings. The molecule has 0 saturated heterocycles. The van der Waals surface area contributed by atoms with Gasteiger partial charge in [-0.3, -0.25) is 4.79 Å². The molecule has 0 N–H and O–H groups in total. The first-order chi connectivity index (χ1) is 12.2. The Labute approximate surface area is 151 Å². The number of hydrogen-bond donors (Lipinski definition) is 0. The van der Waals surface area contributed by atoms with Gasteiger partial charge >= 0.3 is 5.97 Å². The molecule has 4 aliphatic rings. The van der Waals surface area contributed by atoms with Crippen LogP contribution >= 0.6 is 11.3 Å². The number of rotatable bonds is 5. The summed E-state index contributed by atoms with van der Waals surface area (Å²) in [4.78, 5) is 17.9. The molecule has 2 heterocycles. The maximum Gasteiger partial charge on any atom is 0.306 e. The van der Waals surface area contributed by atoms with Crippen molar-refractivity contribution in [2.75, 3.05) is 0 Å². The highest BCUT2D eigenvalue weighted by Crippen LogP contribution is 2.61. The van der Waals surface area contributed by atoms with E-state index in [0.29, 0.717) is 18.0 Å². The van der Waals surface area contributed by atoms with Gasteiger partial charge in [-0.1, -0.05) is 6.07 Å². The summed E-state index contributed by atoms with van der Waals surface area (Å²) in [5, 5.41) is 1.99. The average Bonchev–Trinajstić information content (AvgIpc) is 3.22. The number of ether oxygens (including phenoxy) is 1. The molecule has 0 aromatic carbocycles. The third-order valence-corrected chi connectivity index (χ3v) is 7.21. The van der Waals surface area contributed by atoms with E-state index in [1.165, 1.54) is 38.5 Å². The van der Waals surface area contributed by atoms with E-state index in [4.69, 9.17) is 9.15 Å². The summed E-state index contributed by atoms with van der Waals surface area (Å²) >= 11 is 1.59. The van der Waals surface area contributed by atoms with Gasteiger partial charge in [0.2, 0.25) is 5.89 Å². The molecule has 6 rings (SSSR count). The Morgan fingerprint density at radius 3 is 2.60 bits per heavy atom. The summed E-state index contributed by atoms with van der Waals surface area (Å²) in [6.45, 7) is 0.208. The van der Waals surface area contributed by atoms with Gasteiger partial charge < -0.3 is 9.15 Å². The zero-order valence-electron chi connectivity index (χ0n) is 14.3. The van der Waals surface area contributed by atoms with Crippen molar-refractivity contribution in [3.05, 3.63) is 29.5 Å². The van der Waals surface area contributed by atoms with E-state index in [2.05, 4.69) is 4.98 Å². The zero-order chi connectivity index (χ0) is 16.9. The fourth-order valence-electron chi connectivity index (χ4n) is 5.90. The quantitative estimate of drug-likeness (QED) is 0.703.